The fourth-order valence-electron chi connectivity index (χ4n) is 5.69. The van der Waals surface area contributed by atoms with Crippen molar-refractivity contribution in [2.24, 2.45) is 0 Å². The number of hydrogen-bond donors (Lipinski definition) is 1. The van der Waals surface area contributed by atoms with E-state index in [1.165, 1.54) is 47.4 Å². The zero-order chi connectivity index (χ0) is 34.7. The van der Waals surface area contributed by atoms with E-state index in [2.05, 4.69) is 182 Å². The van der Waals surface area contributed by atoms with Crippen LogP contribution in [0.2, 0.25) is 0 Å². The van der Waals surface area contributed by atoms with Gasteiger partial charge in [0, 0.05) is 12.5 Å². The first-order chi connectivity index (χ1) is 24.5. The predicted molar refractivity (Wildman–Crippen MR) is 227 cm³/mol. The van der Waals surface area contributed by atoms with E-state index in [1.54, 1.807) is 6.07 Å². The molecule has 0 atom stereocenters. The third-order valence-electron chi connectivity index (χ3n) is 8.07. The lowest BCUT2D eigenvalue weighted by Crippen LogP contribution is -1.99. The summed E-state index contributed by atoms with van der Waals surface area (Å²) in [7, 11) is 0.697. The quantitative estimate of drug-likeness (QED) is 0.138. The molecule has 243 valence electrons. The summed E-state index contributed by atoms with van der Waals surface area (Å²) >= 11 is 9.11. The summed E-state index contributed by atoms with van der Waals surface area (Å²) in [6.45, 7) is 0. The lowest BCUT2D eigenvalue weighted by Gasteiger charge is -2.09. The molecule has 50 heavy (non-hydrogen) atoms. The Morgan fingerprint density at radius 3 is 1.46 bits per heavy atom. The van der Waals surface area contributed by atoms with Crippen LogP contribution in [0, 0.1) is 3.57 Å². The Kier molecular flexibility index (Phi) is 12.6. The van der Waals surface area contributed by atoms with Crippen LogP contribution in [-0.4, -0.2) is 12.7 Å². The van der Waals surface area contributed by atoms with Gasteiger partial charge in [-0.15, -0.1) is 0 Å². The number of halogens is 3. The summed E-state index contributed by atoms with van der Waals surface area (Å²) in [5.41, 5.74) is 7.22. The summed E-state index contributed by atoms with van der Waals surface area (Å²) in [6, 6.07) is 62.6. The van der Waals surface area contributed by atoms with E-state index < -0.39 is 0 Å². The van der Waals surface area contributed by atoms with Crippen molar-refractivity contribution in [2.45, 2.75) is 0 Å². The molecule has 0 spiro atoms. The number of benzene rings is 8. The summed E-state index contributed by atoms with van der Waals surface area (Å²) in [5.74, 6) is 0.618. The smallest absolute Gasteiger partial charge is 0.537 e. The van der Waals surface area contributed by atoms with Gasteiger partial charge in [-0.3, -0.25) is 0 Å². The van der Waals surface area contributed by atoms with Crippen LogP contribution in [0.5, 0.6) is 5.75 Å². The molecule has 0 saturated carbocycles. The van der Waals surface area contributed by atoms with Gasteiger partial charge in [0.1, 0.15) is 5.75 Å². The predicted octanol–water partition coefficient (Wildman–Crippen LogP) is 13.4. The monoisotopic (exact) mass is 887 g/mol. The molecule has 8 rings (SSSR count). The van der Waals surface area contributed by atoms with Gasteiger partial charge in [0.2, 0.25) is 0 Å². The van der Waals surface area contributed by atoms with E-state index in [1.807, 2.05) is 48.5 Å². The maximum absolute atomic E-state index is 8.71. The Morgan fingerprint density at radius 2 is 0.900 bits per heavy atom. The van der Waals surface area contributed by atoms with Gasteiger partial charge in [0.15, 0.2) is 0 Å². The van der Waals surface area contributed by atoms with Crippen LogP contribution in [0.4, 0.5) is 0 Å². The highest BCUT2D eigenvalue weighted by Crippen LogP contribution is 2.33. The number of fused-ring (bicyclic) bond motifs is 2. The largest absolute Gasteiger partial charge is 0.569 e. The van der Waals surface area contributed by atoms with Crippen molar-refractivity contribution in [1.29, 1.82) is 0 Å². The Balaban J connectivity index is 0.000000144. The summed E-state index contributed by atoms with van der Waals surface area (Å²) in [6.07, 6.45) is 0. The molecular formula is C44H31BBr2IO2. The lowest BCUT2D eigenvalue weighted by molar-refractivity contribution is 0.454. The molecule has 0 bridgehead atoms. The summed E-state index contributed by atoms with van der Waals surface area (Å²) in [4.78, 5) is 0. The first-order valence-corrected chi connectivity index (χ1v) is 18.6. The highest BCUT2D eigenvalue weighted by molar-refractivity contribution is 14.1. The second-order valence-corrected chi connectivity index (χ2v) is 14.4. The van der Waals surface area contributed by atoms with Gasteiger partial charge in [-0.1, -0.05) is 159 Å². The van der Waals surface area contributed by atoms with Gasteiger partial charge in [-0.05, 0) is 132 Å². The van der Waals surface area contributed by atoms with Crippen LogP contribution in [0.25, 0.3) is 54.9 Å². The van der Waals surface area contributed by atoms with Crippen LogP contribution < -0.4 is 4.65 Å². The van der Waals surface area contributed by atoms with Crippen LogP contribution in [0.3, 0.4) is 0 Å². The molecule has 1 N–H and O–H groups in total. The molecule has 0 saturated heterocycles. The number of rotatable bonds is 5. The van der Waals surface area contributed by atoms with Crippen molar-refractivity contribution in [1.82, 2.24) is 0 Å². The molecule has 2 nitrogen and oxygen atoms in total. The Labute approximate surface area is 324 Å². The highest BCUT2D eigenvalue weighted by atomic mass is 127. The van der Waals surface area contributed by atoms with E-state index in [0.29, 0.717) is 13.4 Å². The van der Waals surface area contributed by atoms with Gasteiger partial charge < -0.3 is 9.68 Å². The van der Waals surface area contributed by atoms with Crippen LogP contribution in [0.1, 0.15) is 0 Å². The third-order valence-corrected chi connectivity index (χ3v) is 9.84. The fraction of sp³-hybridized carbons (Fsp3) is 0. The minimum Gasteiger partial charge on any atom is -0.537 e. The molecule has 0 amide bonds. The molecule has 6 heteroatoms. The van der Waals surface area contributed by atoms with Crippen LogP contribution >= 0.6 is 54.5 Å². The average molecular weight is 889 g/mol. The minimum atomic E-state index is 0.618. The molecule has 0 unspecified atom stereocenters. The van der Waals surface area contributed by atoms with Gasteiger partial charge in [-0.25, -0.2) is 0 Å². The molecule has 8 aromatic rings. The maximum atomic E-state index is 8.71. The zero-order valence-corrected chi connectivity index (χ0v) is 32.2. The van der Waals surface area contributed by atoms with Gasteiger partial charge in [0.25, 0.3) is 0 Å². The topological polar surface area (TPSA) is 29.5 Å². The first-order valence-electron chi connectivity index (χ1n) is 15.9. The Morgan fingerprint density at radius 1 is 0.440 bits per heavy atom. The third kappa shape index (κ3) is 9.31. The molecule has 0 heterocycles. The second-order valence-electron chi connectivity index (χ2n) is 11.3. The molecule has 8 aromatic carbocycles. The first kappa shape index (κ1) is 35.6. The molecule has 0 aliphatic heterocycles. The van der Waals surface area contributed by atoms with E-state index in [9.17, 15) is 0 Å². The minimum absolute atomic E-state index is 0.618. The zero-order valence-electron chi connectivity index (χ0n) is 26.9. The van der Waals surface area contributed by atoms with Gasteiger partial charge in [-0.2, -0.15) is 0 Å². The van der Waals surface area contributed by atoms with Gasteiger partial charge in [0.05, 0.1) is 0 Å². The van der Waals surface area contributed by atoms with Crippen molar-refractivity contribution in [2.75, 3.05) is 0 Å². The maximum Gasteiger partial charge on any atom is 0.569 e. The van der Waals surface area contributed by atoms with E-state index in [-0.39, 0.29) is 0 Å². The Bertz CT molecular complexity index is 2290. The van der Waals surface area contributed by atoms with E-state index >= 15 is 0 Å². The standard InChI is InChI=1S/C22H15Br.C16H12BO2.C6H4BrI/c23-20-13-11-16(12-14-20)18-7-3-8-19(15-18)22-10-4-6-17-5-1-2-9-21(17)22;18-17-19-14-8-3-7-13(11-14)16-10-4-6-12-5-1-2-9-15(12)16;7-5-1-3-6(8)4-2-5/h1-15H;1-11,18H;1-4H. The van der Waals surface area contributed by atoms with Crippen molar-refractivity contribution in [3.63, 3.8) is 0 Å². The van der Waals surface area contributed by atoms with Crippen LogP contribution in [-0.2, 0) is 0 Å². The van der Waals surface area contributed by atoms with Crippen molar-refractivity contribution < 1.29 is 9.68 Å². The molecule has 0 fully saturated rings. The van der Waals surface area contributed by atoms with Crippen molar-refractivity contribution in [3.05, 3.63) is 195 Å². The fourth-order valence-corrected chi connectivity index (χ4v) is 6.58. The Hall–Kier alpha value is -4.21. The summed E-state index contributed by atoms with van der Waals surface area (Å²) < 4.78 is 8.52. The SMILES string of the molecule is Brc1ccc(-c2cccc(-c3cccc4ccccc34)c2)cc1.Brc1ccc(I)cc1.O[B]Oc1cccc(-c2cccc3ccccc23)c1. The van der Waals surface area contributed by atoms with E-state index in [0.717, 1.165) is 20.1 Å². The lowest BCUT2D eigenvalue weighted by atomic mass is 9.95. The molecular weight excluding hydrogens is 858 g/mol. The van der Waals surface area contributed by atoms with Crippen LogP contribution in [0.15, 0.2) is 191 Å². The molecule has 0 aliphatic carbocycles. The molecule has 0 aliphatic rings. The normalized spacial score (nSPS) is 10.4. The van der Waals surface area contributed by atoms with Crippen molar-refractivity contribution in [3.8, 4) is 39.1 Å². The molecule has 1 radical (unpaired) electrons. The summed E-state index contributed by atoms with van der Waals surface area (Å²) in [5, 5.41) is 13.7. The van der Waals surface area contributed by atoms with Gasteiger partial charge >= 0.3 is 7.69 Å². The second kappa shape index (κ2) is 17.6. The van der Waals surface area contributed by atoms with Crippen molar-refractivity contribution >= 4 is 83.7 Å². The highest BCUT2D eigenvalue weighted by Gasteiger charge is 2.06. The van der Waals surface area contributed by atoms with E-state index in [4.69, 9.17) is 9.68 Å². The number of hydrogen-bond acceptors (Lipinski definition) is 2. The average Bonchev–Trinajstić information content (AvgIpc) is 3.17. The molecule has 0 aromatic heterocycles.